The van der Waals surface area contributed by atoms with Crippen molar-refractivity contribution in [3.63, 3.8) is 0 Å². The average molecular weight is 1400 g/mol. The molecule has 13 atom stereocenters. The highest BCUT2D eigenvalue weighted by molar-refractivity contribution is 7.09. The van der Waals surface area contributed by atoms with E-state index in [2.05, 4.69) is 34.4 Å². The topological polar surface area (TPSA) is 317 Å². The van der Waals surface area contributed by atoms with Crippen molar-refractivity contribution < 1.29 is 86.6 Å². The number of piperidine rings is 1. The molecule has 5 aromatic rings. The number of nitrogens with zero attached hydrogens (tertiary/aromatic N) is 3. The molecule has 25 heteroatoms. The fraction of sp³-hybridized carbons (Fsp3) is 0.480. The molecule has 1 aliphatic carbocycles. The van der Waals surface area contributed by atoms with Crippen LogP contribution in [0, 0.1) is 17.8 Å². The number of aliphatic hydroxyl groups is 3. The number of benzene rings is 4. The van der Waals surface area contributed by atoms with Crippen LogP contribution < -0.4 is 26.0 Å². The molecule has 538 valence electrons. The van der Waals surface area contributed by atoms with E-state index in [0.29, 0.717) is 42.8 Å². The third-order valence-electron chi connectivity index (χ3n) is 18.9. The van der Waals surface area contributed by atoms with Gasteiger partial charge in [-0.05, 0) is 83.5 Å². The number of hydrogen-bond donors (Lipinski definition) is 7. The number of esters is 3. The Morgan fingerprint density at radius 2 is 1.48 bits per heavy atom. The lowest BCUT2D eigenvalue weighted by atomic mass is 9.92. The summed E-state index contributed by atoms with van der Waals surface area (Å²) in [5.41, 5.74) is 5.92. The highest BCUT2D eigenvalue weighted by Gasteiger charge is 2.49. The van der Waals surface area contributed by atoms with E-state index in [9.17, 15) is 44.1 Å². The van der Waals surface area contributed by atoms with Crippen LogP contribution in [0.3, 0.4) is 0 Å². The van der Waals surface area contributed by atoms with E-state index in [0.717, 1.165) is 45.6 Å². The van der Waals surface area contributed by atoms with Gasteiger partial charge in [0.25, 0.3) is 11.8 Å². The van der Waals surface area contributed by atoms with Gasteiger partial charge in [0.1, 0.15) is 67.2 Å². The van der Waals surface area contributed by atoms with Gasteiger partial charge in [-0.25, -0.2) is 14.6 Å². The first-order valence-electron chi connectivity index (χ1n) is 34.2. The molecule has 4 aromatic carbocycles. The predicted octanol–water partition coefficient (Wildman–Crippen LogP) is 8.23. The molecule has 0 saturated carbocycles. The largest absolute Gasteiger partial charge is 0.461 e. The molecule has 24 nitrogen and oxygen atoms in total. The highest BCUT2D eigenvalue weighted by Crippen LogP contribution is 2.45. The fourth-order valence-corrected chi connectivity index (χ4v) is 14.2. The van der Waals surface area contributed by atoms with Gasteiger partial charge in [-0.2, -0.15) is 0 Å². The van der Waals surface area contributed by atoms with Gasteiger partial charge < -0.3 is 74.4 Å². The average Bonchev–Trinajstić information content (AvgIpc) is 1.51. The number of hydrogen-bond acceptors (Lipinski definition) is 19. The summed E-state index contributed by atoms with van der Waals surface area (Å²) in [5, 5.41) is 46.5. The zero-order chi connectivity index (χ0) is 72.4. The minimum Gasteiger partial charge on any atom is -0.461 e. The van der Waals surface area contributed by atoms with Gasteiger partial charge >= 0.3 is 24.0 Å². The number of likely N-dealkylation sites (N-methyl/N-ethyl adjacent to an activating group) is 2. The third-order valence-corrected chi connectivity index (χ3v) is 19.8. The van der Waals surface area contributed by atoms with Crippen LogP contribution >= 0.6 is 11.3 Å². The fourth-order valence-electron chi connectivity index (χ4n) is 13.3. The number of carbonyl (C=O) groups is 8. The molecule has 0 radical (unpaired) electrons. The van der Waals surface area contributed by atoms with Crippen LogP contribution in [-0.2, 0) is 65.4 Å². The molecule has 3 aliphatic rings. The van der Waals surface area contributed by atoms with Gasteiger partial charge in [-0.3, -0.25) is 28.8 Å². The molecular weight excluding hydrogens is 1300 g/mol. The summed E-state index contributed by atoms with van der Waals surface area (Å²) >= 11 is 1.14. The molecule has 100 heavy (non-hydrogen) atoms. The molecular formula is C75H96N7O17S+. The van der Waals surface area contributed by atoms with Gasteiger partial charge in [0.15, 0.2) is 18.2 Å². The number of carbonyl (C=O) groups excluding carboxylic acids is 8. The lowest BCUT2D eigenvalue weighted by molar-refractivity contribution is -0.942. The van der Waals surface area contributed by atoms with Crippen LogP contribution in [0.5, 0.6) is 5.75 Å². The molecule has 3 heterocycles. The number of amides is 5. The van der Waals surface area contributed by atoms with E-state index < -0.39 is 103 Å². The monoisotopic (exact) mass is 1400 g/mol. The smallest absolute Gasteiger partial charge is 0.407 e. The second kappa shape index (κ2) is 36.0. The Bertz CT molecular complexity index is 3640. The highest BCUT2D eigenvalue weighted by atomic mass is 32.1. The van der Waals surface area contributed by atoms with Crippen LogP contribution in [0.25, 0.3) is 11.1 Å². The normalized spacial score (nSPS) is 21.2. The summed E-state index contributed by atoms with van der Waals surface area (Å²) in [6.07, 6.45) is -5.19. The Kier molecular flexibility index (Phi) is 27.7. The van der Waals surface area contributed by atoms with Gasteiger partial charge in [0, 0.05) is 68.7 Å². The van der Waals surface area contributed by atoms with Gasteiger partial charge in [-0.15, -0.1) is 11.3 Å². The summed E-state index contributed by atoms with van der Waals surface area (Å²) < 4.78 is 34.1. The lowest BCUT2D eigenvalue weighted by Crippen LogP contribution is -2.63. The number of alkyl carbamates (subject to hydrolysis) is 1. The van der Waals surface area contributed by atoms with E-state index in [1.165, 1.54) is 25.1 Å². The summed E-state index contributed by atoms with van der Waals surface area (Å²) in [6, 6.07) is 27.5. The van der Waals surface area contributed by atoms with Crippen LogP contribution in [0.4, 0.5) is 10.5 Å². The molecule has 2 fully saturated rings. The number of aromatic nitrogens is 1. The predicted molar refractivity (Wildman–Crippen MR) is 374 cm³/mol. The van der Waals surface area contributed by atoms with Crippen molar-refractivity contribution in [3.05, 3.63) is 161 Å². The van der Waals surface area contributed by atoms with E-state index in [1.807, 2.05) is 114 Å². The Hall–Kier alpha value is -8.85. The number of quaternary nitrogens is 1. The maximum atomic E-state index is 15.1. The van der Waals surface area contributed by atoms with Crippen molar-refractivity contribution in [1.82, 2.24) is 25.8 Å². The Morgan fingerprint density at radius 1 is 0.810 bits per heavy atom. The molecule has 5 amide bonds. The van der Waals surface area contributed by atoms with Gasteiger partial charge in [0.2, 0.25) is 18.1 Å². The second-order valence-corrected chi connectivity index (χ2v) is 27.5. The zero-order valence-corrected chi connectivity index (χ0v) is 59.0. The first-order chi connectivity index (χ1) is 47.8. The van der Waals surface area contributed by atoms with Crippen molar-refractivity contribution in [3.8, 4) is 16.9 Å². The van der Waals surface area contributed by atoms with Crippen molar-refractivity contribution in [2.75, 3.05) is 52.3 Å². The van der Waals surface area contributed by atoms with Crippen molar-refractivity contribution in [1.29, 1.82) is 0 Å². The number of rotatable bonds is 33. The van der Waals surface area contributed by atoms with Crippen molar-refractivity contribution in [2.45, 2.75) is 166 Å². The van der Waals surface area contributed by atoms with Gasteiger partial charge in [-0.1, -0.05) is 145 Å². The molecule has 0 bridgehead atoms. The minimum atomic E-state index is -1.93. The number of anilines is 1. The van der Waals surface area contributed by atoms with E-state index in [-0.39, 0.29) is 103 Å². The third kappa shape index (κ3) is 19.8. The molecule has 2 aliphatic heterocycles. The molecule has 2 saturated heterocycles. The van der Waals surface area contributed by atoms with E-state index in [1.54, 1.807) is 36.4 Å². The Balaban J connectivity index is 0.968. The maximum Gasteiger partial charge on any atom is 0.407 e. The summed E-state index contributed by atoms with van der Waals surface area (Å²) in [6.45, 7) is 18.4. The van der Waals surface area contributed by atoms with E-state index >= 15 is 9.59 Å². The summed E-state index contributed by atoms with van der Waals surface area (Å²) in [4.78, 5) is 116. The SMILES string of the molecule is C=CCOC(=O)[C@H]1O[C@@H](Oc2ccc(C[N+]3(C)CCCC[C@@H]3C(=O)N[C@H](C(=O)N(C)[C@H](C[C@@H](OC(C)=O)c3nc(C(=O)N[C@@H](Cc4ccccc4)C[C@H](C)C(=O)OCC=C)cs3)C(C)C)[C@@H](C)CC)cc2NC(=O)CCNC(=O)OCC2c3ccccc3-c3ccccc32)[C@@H](O)[C@H](O)[C@@H]1O. The maximum absolute atomic E-state index is 15.1. The van der Waals surface area contributed by atoms with Crippen LogP contribution in [-0.4, -0.2) is 179 Å². The molecule has 0 spiro atoms. The van der Waals surface area contributed by atoms with Crippen LogP contribution in [0.2, 0.25) is 0 Å². The standard InChI is InChI=1S/C75H95N7O17S/c1-11-35-94-72(91)46(7)37-50(38-48-23-15-14-16-24-48)77-68(88)57-43-100-70(79-57)61(97-47(8)83)40-58(44(4)5)81(9)71(90)63(45(6)13-3)80-69(89)59-29-21-22-34-82(59,10)41-49-30-31-60(98-74-66(87)64(85)65(86)67(99-74)73(92)95-36-12-2)56(39-49)78-62(84)32-33-76-75(93)96-42-55-53-27-19-17-25-51(53)52-26-18-20-28-54(52)55/h11-12,14-20,23-28,30-31,39,43-46,50,55,58-59,61,63-67,74,85-87H,1-2,13,21-22,29,32-38,40-42H2,3-10H3,(H3-,76,77,78,80,84,88,89,93)/p+1/t45-,46-,50+,58+,59+,61+,63-,64+,65-,66-,67-,74+,82?/m0/s1. The number of ether oxygens (including phenoxy) is 6. The first kappa shape index (κ1) is 76.9. The van der Waals surface area contributed by atoms with Crippen molar-refractivity contribution >= 4 is 64.7 Å². The summed E-state index contributed by atoms with van der Waals surface area (Å²) in [5.74, 6) is -5.23. The zero-order valence-electron chi connectivity index (χ0n) is 58.2. The number of likely N-dealkylation sites (tertiary alicyclic amines) is 1. The van der Waals surface area contributed by atoms with Crippen molar-refractivity contribution in [2.24, 2.45) is 17.8 Å². The molecule has 1 aromatic heterocycles. The lowest BCUT2D eigenvalue weighted by Gasteiger charge is -2.44. The number of aliphatic hydroxyl groups excluding tert-OH is 3. The first-order valence-corrected chi connectivity index (χ1v) is 35.0. The minimum absolute atomic E-state index is 0.0580. The second-order valence-electron chi connectivity index (χ2n) is 26.6. The Labute approximate surface area is 588 Å². The molecule has 7 N–H and O–H groups in total. The van der Waals surface area contributed by atoms with Gasteiger partial charge in [0.05, 0.1) is 25.2 Å². The molecule has 1 unspecified atom stereocenters. The number of nitrogens with one attached hydrogen (secondary N) is 4. The van der Waals surface area contributed by atoms with Crippen LogP contribution in [0.15, 0.2) is 128 Å². The molecule has 8 rings (SSSR count). The number of fused-ring (bicyclic) bond motifs is 3. The number of thiazole rings is 1. The summed E-state index contributed by atoms with van der Waals surface area (Å²) in [7, 11) is 3.61. The quantitative estimate of drug-likeness (QED) is 0.00900. The van der Waals surface area contributed by atoms with Crippen LogP contribution in [0.1, 0.15) is 136 Å². The Morgan fingerprint density at radius 3 is 2.14 bits per heavy atom. The van der Waals surface area contributed by atoms with E-state index in [4.69, 9.17) is 33.4 Å².